The lowest BCUT2D eigenvalue weighted by Gasteiger charge is -2.26. The van der Waals surface area contributed by atoms with Crippen molar-refractivity contribution < 1.29 is 4.39 Å². The van der Waals surface area contributed by atoms with Crippen molar-refractivity contribution in [3.05, 3.63) is 34.6 Å². The summed E-state index contributed by atoms with van der Waals surface area (Å²) in [6, 6.07) is 4.92. The second kappa shape index (κ2) is 6.71. The minimum atomic E-state index is -0.295. The minimum absolute atomic E-state index is 0.139. The molecule has 0 fully saturated rings. The van der Waals surface area contributed by atoms with E-state index in [2.05, 4.69) is 0 Å². The molecule has 0 amide bonds. The molecule has 0 spiro atoms. The van der Waals surface area contributed by atoms with E-state index in [1.54, 1.807) is 12.1 Å². The van der Waals surface area contributed by atoms with Gasteiger partial charge in [-0.05, 0) is 26.0 Å². The number of rotatable bonds is 6. The van der Waals surface area contributed by atoms with Crippen LogP contribution < -0.4 is 5.73 Å². The Bertz CT molecular complexity index is 400. The Morgan fingerprint density at radius 2 is 2.17 bits per heavy atom. The van der Waals surface area contributed by atoms with Crippen molar-refractivity contribution in [2.45, 2.75) is 32.9 Å². The molecule has 0 heterocycles. The molecule has 100 valence electrons. The van der Waals surface area contributed by atoms with Gasteiger partial charge in [-0.3, -0.25) is 10.3 Å². The van der Waals surface area contributed by atoms with Crippen LogP contribution in [0.3, 0.4) is 0 Å². The lowest BCUT2D eigenvalue weighted by atomic mass is 10.1. The van der Waals surface area contributed by atoms with Gasteiger partial charge in [0.15, 0.2) is 0 Å². The Morgan fingerprint density at radius 3 is 2.67 bits per heavy atom. The van der Waals surface area contributed by atoms with Gasteiger partial charge in [0.25, 0.3) is 0 Å². The fourth-order valence-corrected chi connectivity index (χ4v) is 1.89. The Kier molecular flexibility index (Phi) is 5.56. The van der Waals surface area contributed by atoms with E-state index in [4.69, 9.17) is 22.7 Å². The lowest BCUT2D eigenvalue weighted by Crippen LogP contribution is -2.33. The maximum Gasteiger partial charge on any atom is 0.129 e. The van der Waals surface area contributed by atoms with Crippen LogP contribution in [0.5, 0.6) is 0 Å². The Morgan fingerprint density at radius 1 is 1.50 bits per heavy atom. The van der Waals surface area contributed by atoms with E-state index in [-0.39, 0.29) is 17.7 Å². The summed E-state index contributed by atoms with van der Waals surface area (Å²) in [7, 11) is 0. The first kappa shape index (κ1) is 14.9. The first-order valence-electron chi connectivity index (χ1n) is 5.91. The zero-order valence-electron chi connectivity index (χ0n) is 10.7. The van der Waals surface area contributed by atoms with Gasteiger partial charge in [0, 0.05) is 36.1 Å². The highest BCUT2D eigenvalue weighted by Crippen LogP contribution is 2.21. The van der Waals surface area contributed by atoms with Gasteiger partial charge >= 0.3 is 0 Å². The SMILES string of the molecule is CC(C)N(CCC(=N)N)Cc1c(F)cccc1Cl. The quantitative estimate of drug-likeness (QED) is 0.617. The van der Waals surface area contributed by atoms with Crippen LogP contribution in [-0.2, 0) is 6.54 Å². The number of nitrogens with two attached hydrogens (primary N) is 1. The standard InChI is InChI=1S/C13H19ClFN3/c1-9(2)18(7-6-13(16)17)8-10-11(14)4-3-5-12(10)15/h3-5,9H,6-8H2,1-2H3,(H3,16,17). The normalized spacial score (nSPS) is 11.2. The Balaban J connectivity index is 2.80. The van der Waals surface area contributed by atoms with E-state index in [1.165, 1.54) is 6.07 Å². The predicted molar refractivity (Wildman–Crippen MR) is 73.5 cm³/mol. The van der Waals surface area contributed by atoms with Crippen LogP contribution in [0.1, 0.15) is 25.8 Å². The number of amidine groups is 1. The molecule has 0 aliphatic rings. The van der Waals surface area contributed by atoms with Gasteiger partial charge in [0.1, 0.15) is 5.82 Å². The zero-order valence-corrected chi connectivity index (χ0v) is 11.5. The third kappa shape index (κ3) is 4.27. The summed E-state index contributed by atoms with van der Waals surface area (Å²) in [5.41, 5.74) is 5.85. The van der Waals surface area contributed by atoms with Gasteiger partial charge in [0.05, 0.1) is 5.84 Å². The van der Waals surface area contributed by atoms with Gasteiger partial charge in [-0.2, -0.15) is 0 Å². The van der Waals surface area contributed by atoms with Crippen molar-refractivity contribution in [3.63, 3.8) is 0 Å². The van der Waals surface area contributed by atoms with Crippen LogP contribution in [0, 0.1) is 11.2 Å². The summed E-state index contributed by atoms with van der Waals surface area (Å²) in [5, 5.41) is 7.68. The number of nitrogens with zero attached hydrogens (tertiary/aromatic N) is 1. The molecule has 0 aliphatic heterocycles. The van der Waals surface area contributed by atoms with Crippen molar-refractivity contribution in [2.24, 2.45) is 5.73 Å². The van der Waals surface area contributed by atoms with Crippen LogP contribution in [0.25, 0.3) is 0 Å². The average Bonchev–Trinajstić information content (AvgIpc) is 2.26. The van der Waals surface area contributed by atoms with Crippen LogP contribution in [0.15, 0.2) is 18.2 Å². The highest BCUT2D eigenvalue weighted by molar-refractivity contribution is 6.31. The molecule has 0 saturated heterocycles. The van der Waals surface area contributed by atoms with Crippen LogP contribution in [0.4, 0.5) is 4.39 Å². The highest BCUT2D eigenvalue weighted by Gasteiger charge is 2.15. The summed E-state index contributed by atoms with van der Waals surface area (Å²) >= 11 is 6.01. The summed E-state index contributed by atoms with van der Waals surface area (Å²) in [5.74, 6) is -0.156. The molecule has 0 bridgehead atoms. The van der Waals surface area contributed by atoms with Gasteiger partial charge in [-0.1, -0.05) is 17.7 Å². The summed E-state index contributed by atoms with van der Waals surface area (Å²) in [6.07, 6.45) is 0.476. The van der Waals surface area contributed by atoms with Crippen molar-refractivity contribution in [2.75, 3.05) is 6.54 Å². The first-order valence-corrected chi connectivity index (χ1v) is 6.29. The lowest BCUT2D eigenvalue weighted by molar-refractivity contribution is 0.216. The molecular formula is C13H19ClFN3. The largest absolute Gasteiger partial charge is 0.388 e. The van der Waals surface area contributed by atoms with E-state index >= 15 is 0 Å². The molecular weight excluding hydrogens is 253 g/mol. The fourth-order valence-electron chi connectivity index (χ4n) is 1.67. The molecule has 0 atom stereocenters. The van der Waals surface area contributed by atoms with Gasteiger partial charge < -0.3 is 5.73 Å². The second-order valence-corrected chi connectivity index (χ2v) is 4.95. The van der Waals surface area contributed by atoms with Gasteiger partial charge in [0.2, 0.25) is 0 Å². The van der Waals surface area contributed by atoms with Crippen molar-refractivity contribution >= 4 is 17.4 Å². The van der Waals surface area contributed by atoms with E-state index in [0.717, 1.165) is 0 Å². The third-order valence-electron chi connectivity index (χ3n) is 2.82. The molecule has 1 rings (SSSR count). The topological polar surface area (TPSA) is 53.1 Å². The smallest absolute Gasteiger partial charge is 0.129 e. The molecule has 0 unspecified atom stereocenters. The summed E-state index contributed by atoms with van der Waals surface area (Å²) in [6.45, 7) is 5.10. The highest BCUT2D eigenvalue weighted by atomic mass is 35.5. The van der Waals surface area contributed by atoms with Crippen LogP contribution in [0.2, 0.25) is 5.02 Å². The molecule has 0 aromatic heterocycles. The van der Waals surface area contributed by atoms with Crippen LogP contribution in [-0.4, -0.2) is 23.3 Å². The van der Waals surface area contributed by atoms with Crippen molar-refractivity contribution in [1.29, 1.82) is 5.41 Å². The molecule has 0 aliphatic carbocycles. The molecule has 3 nitrogen and oxygen atoms in total. The Labute approximate surface area is 112 Å². The number of benzene rings is 1. The number of hydrogen-bond acceptors (Lipinski definition) is 2. The maximum absolute atomic E-state index is 13.7. The van der Waals surface area contributed by atoms with E-state index in [1.807, 2.05) is 18.7 Å². The third-order valence-corrected chi connectivity index (χ3v) is 3.18. The van der Waals surface area contributed by atoms with E-state index in [0.29, 0.717) is 30.1 Å². The van der Waals surface area contributed by atoms with Crippen LogP contribution >= 0.6 is 11.6 Å². The van der Waals surface area contributed by atoms with Gasteiger partial charge in [-0.25, -0.2) is 4.39 Å². The molecule has 18 heavy (non-hydrogen) atoms. The summed E-state index contributed by atoms with van der Waals surface area (Å²) in [4.78, 5) is 2.05. The molecule has 3 N–H and O–H groups in total. The Hall–Kier alpha value is -1.13. The molecule has 5 heteroatoms. The van der Waals surface area contributed by atoms with Crippen molar-refractivity contribution in [3.8, 4) is 0 Å². The van der Waals surface area contributed by atoms with E-state index < -0.39 is 0 Å². The number of nitrogens with one attached hydrogen (secondary N) is 1. The second-order valence-electron chi connectivity index (χ2n) is 4.54. The molecule has 0 radical (unpaired) electrons. The zero-order chi connectivity index (χ0) is 13.7. The predicted octanol–water partition coefficient (Wildman–Crippen LogP) is 3.02. The summed E-state index contributed by atoms with van der Waals surface area (Å²) < 4.78 is 13.7. The fraction of sp³-hybridized carbons (Fsp3) is 0.462. The molecule has 1 aromatic carbocycles. The van der Waals surface area contributed by atoms with Gasteiger partial charge in [-0.15, -0.1) is 0 Å². The van der Waals surface area contributed by atoms with E-state index in [9.17, 15) is 4.39 Å². The minimum Gasteiger partial charge on any atom is -0.388 e. The number of hydrogen-bond donors (Lipinski definition) is 2. The average molecular weight is 272 g/mol. The van der Waals surface area contributed by atoms with Crippen molar-refractivity contribution in [1.82, 2.24) is 4.90 Å². The monoisotopic (exact) mass is 271 g/mol. The first-order chi connectivity index (χ1) is 8.41. The maximum atomic E-state index is 13.7. The number of halogens is 2. The molecule has 1 aromatic rings. The molecule has 0 saturated carbocycles.